The molecule has 0 bridgehead atoms. The van der Waals surface area contributed by atoms with Gasteiger partial charge >= 0.3 is 0 Å². The van der Waals surface area contributed by atoms with Crippen LogP contribution in [0.1, 0.15) is 18.9 Å². The number of benzene rings is 2. The first-order chi connectivity index (χ1) is 8.20. The molecule has 0 fully saturated rings. The lowest BCUT2D eigenvalue weighted by Crippen LogP contribution is -1.96. The van der Waals surface area contributed by atoms with E-state index in [9.17, 15) is 10.1 Å². The summed E-state index contributed by atoms with van der Waals surface area (Å²) in [5.74, 6) is 0. The van der Waals surface area contributed by atoms with Crippen LogP contribution in [0.3, 0.4) is 0 Å². The summed E-state index contributed by atoms with van der Waals surface area (Å²) in [6.45, 7) is 1.79. The van der Waals surface area contributed by atoms with Crippen molar-refractivity contribution in [2.24, 2.45) is 0 Å². The summed E-state index contributed by atoms with van der Waals surface area (Å²) in [6.07, 6.45) is 2.06. The summed E-state index contributed by atoms with van der Waals surface area (Å²) < 4.78 is 0. The summed E-state index contributed by atoms with van der Waals surface area (Å²) in [6, 6.07) is 13.8. The molecule has 0 aliphatic rings. The van der Waals surface area contributed by atoms with Crippen LogP contribution in [0.4, 0.5) is 0 Å². The van der Waals surface area contributed by atoms with E-state index in [1.165, 1.54) is 0 Å². The molecule has 0 aliphatic carbocycles. The predicted octanol–water partition coefficient (Wildman–Crippen LogP) is 3.87. The molecule has 3 heteroatoms. The van der Waals surface area contributed by atoms with Gasteiger partial charge in [-0.15, -0.1) is 0 Å². The zero-order valence-corrected chi connectivity index (χ0v) is 9.59. The first kappa shape index (κ1) is 11.3. The molecular formula is C14H13NO2. The van der Waals surface area contributed by atoms with E-state index in [-0.39, 0.29) is 10.6 Å². The summed E-state index contributed by atoms with van der Waals surface area (Å²) in [5.41, 5.74) is 1.11. The van der Waals surface area contributed by atoms with Crippen molar-refractivity contribution in [1.29, 1.82) is 0 Å². The molecular weight excluding hydrogens is 214 g/mol. The quantitative estimate of drug-likeness (QED) is 0.590. The van der Waals surface area contributed by atoms with E-state index < -0.39 is 0 Å². The Morgan fingerprint density at radius 3 is 2.59 bits per heavy atom. The molecule has 0 amide bonds. The lowest BCUT2D eigenvalue weighted by atomic mass is 10.1. The third kappa shape index (κ3) is 2.50. The molecule has 0 saturated heterocycles. The molecule has 2 aromatic carbocycles. The first-order valence-electron chi connectivity index (χ1n) is 5.54. The number of rotatable bonds is 3. The largest absolute Gasteiger partial charge is 0.259 e. The van der Waals surface area contributed by atoms with Crippen molar-refractivity contribution in [3.63, 3.8) is 0 Å². The van der Waals surface area contributed by atoms with Gasteiger partial charge in [0.25, 0.3) is 0 Å². The van der Waals surface area contributed by atoms with Crippen LogP contribution in [0.15, 0.2) is 48.2 Å². The predicted molar refractivity (Wildman–Crippen MR) is 69.2 cm³/mol. The van der Waals surface area contributed by atoms with Gasteiger partial charge in [-0.3, -0.25) is 10.1 Å². The second-order valence-corrected chi connectivity index (χ2v) is 3.85. The fourth-order valence-corrected chi connectivity index (χ4v) is 1.77. The van der Waals surface area contributed by atoms with Gasteiger partial charge in [0, 0.05) is 12.5 Å². The Kier molecular flexibility index (Phi) is 3.19. The normalized spacial score (nSPS) is 11.7. The van der Waals surface area contributed by atoms with Crippen molar-refractivity contribution < 1.29 is 4.92 Å². The number of fused-ring (bicyclic) bond motifs is 1. The van der Waals surface area contributed by atoms with Crippen molar-refractivity contribution >= 4 is 16.8 Å². The van der Waals surface area contributed by atoms with Gasteiger partial charge in [-0.2, -0.15) is 0 Å². The minimum Gasteiger partial charge on any atom is -0.259 e. The van der Waals surface area contributed by atoms with Gasteiger partial charge in [0.05, 0.1) is 4.92 Å². The fourth-order valence-electron chi connectivity index (χ4n) is 1.77. The van der Waals surface area contributed by atoms with Crippen LogP contribution in [0, 0.1) is 10.1 Å². The third-order valence-electron chi connectivity index (χ3n) is 2.70. The first-order valence-corrected chi connectivity index (χ1v) is 5.54. The molecule has 0 aromatic heterocycles. The number of nitro groups is 1. The maximum absolute atomic E-state index is 10.7. The van der Waals surface area contributed by atoms with Gasteiger partial charge in [0.1, 0.15) is 0 Å². The Labute approximate surface area is 99.5 Å². The van der Waals surface area contributed by atoms with E-state index in [2.05, 4.69) is 0 Å². The second-order valence-electron chi connectivity index (χ2n) is 3.85. The molecule has 0 heterocycles. The average molecular weight is 227 g/mol. The molecule has 2 rings (SSSR count). The zero-order chi connectivity index (χ0) is 12.3. The van der Waals surface area contributed by atoms with Crippen LogP contribution < -0.4 is 0 Å². The van der Waals surface area contributed by atoms with Crippen molar-refractivity contribution in [1.82, 2.24) is 0 Å². The Morgan fingerprint density at radius 2 is 1.94 bits per heavy atom. The number of allylic oxidation sites excluding steroid dienone is 1. The zero-order valence-electron chi connectivity index (χ0n) is 9.59. The Morgan fingerprint density at radius 1 is 1.24 bits per heavy atom. The molecule has 17 heavy (non-hydrogen) atoms. The summed E-state index contributed by atoms with van der Waals surface area (Å²) in [5, 5.41) is 13.0. The van der Waals surface area contributed by atoms with Gasteiger partial charge in [-0.25, -0.2) is 0 Å². The molecule has 0 radical (unpaired) electrons. The molecule has 3 nitrogen and oxygen atoms in total. The van der Waals surface area contributed by atoms with Gasteiger partial charge in [0.15, 0.2) is 0 Å². The molecule has 0 unspecified atom stereocenters. The van der Waals surface area contributed by atoms with E-state index in [0.29, 0.717) is 6.42 Å². The smallest absolute Gasteiger partial charge is 0.246 e. The summed E-state index contributed by atoms with van der Waals surface area (Å²) in [7, 11) is 0. The lowest BCUT2D eigenvalue weighted by Gasteiger charge is -1.99. The fraction of sp³-hybridized carbons (Fsp3) is 0.143. The van der Waals surface area contributed by atoms with E-state index in [1.54, 1.807) is 13.0 Å². The van der Waals surface area contributed by atoms with Crippen molar-refractivity contribution in [2.75, 3.05) is 0 Å². The maximum atomic E-state index is 10.7. The number of nitrogens with zero attached hydrogens (tertiary/aromatic N) is 1. The highest BCUT2D eigenvalue weighted by Crippen LogP contribution is 2.18. The van der Waals surface area contributed by atoms with Crippen molar-refractivity contribution in [2.45, 2.75) is 13.3 Å². The van der Waals surface area contributed by atoms with E-state index in [0.717, 1.165) is 16.3 Å². The summed E-state index contributed by atoms with van der Waals surface area (Å²) >= 11 is 0. The molecule has 86 valence electrons. The molecule has 0 spiro atoms. The van der Waals surface area contributed by atoms with Gasteiger partial charge < -0.3 is 0 Å². The molecule has 0 atom stereocenters. The average Bonchev–Trinajstić information content (AvgIpc) is 2.35. The van der Waals surface area contributed by atoms with Crippen LogP contribution in [-0.4, -0.2) is 4.92 Å². The SMILES string of the molecule is CC/C(=C\c1ccc2ccccc2c1)[N+](=O)[O-]. The van der Waals surface area contributed by atoms with Gasteiger partial charge in [-0.1, -0.05) is 43.3 Å². The van der Waals surface area contributed by atoms with Crippen molar-refractivity contribution in [3.05, 3.63) is 63.8 Å². The topological polar surface area (TPSA) is 43.1 Å². The van der Waals surface area contributed by atoms with Crippen LogP contribution in [0.5, 0.6) is 0 Å². The standard InChI is InChI=1S/C14H13NO2/c1-2-14(15(16)17)10-11-7-8-12-5-3-4-6-13(12)9-11/h3-10H,2H2,1H3/b14-10+. The highest BCUT2D eigenvalue weighted by atomic mass is 16.6. The van der Waals surface area contributed by atoms with Crippen molar-refractivity contribution in [3.8, 4) is 0 Å². The molecule has 0 saturated carbocycles. The van der Waals surface area contributed by atoms with Crippen LogP contribution in [0.2, 0.25) is 0 Å². The number of hydrogen-bond donors (Lipinski definition) is 0. The third-order valence-corrected chi connectivity index (χ3v) is 2.70. The van der Waals surface area contributed by atoms with E-state index >= 15 is 0 Å². The number of hydrogen-bond acceptors (Lipinski definition) is 2. The summed E-state index contributed by atoms with van der Waals surface area (Å²) in [4.78, 5) is 10.4. The van der Waals surface area contributed by atoms with E-state index in [4.69, 9.17) is 0 Å². The molecule has 2 aromatic rings. The van der Waals surface area contributed by atoms with Crippen LogP contribution in [-0.2, 0) is 0 Å². The monoisotopic (exact) mass is 227 g/mol. The Balaban J connectivity index is 2.46. The second kappa shape index (κ2) is 4.78. The minimum atomic E-state index is -0.324. The van der Waals surface area contributed by atoms with Crippen LogP contribution in [0.25, 0.3) is 16.8 Å². The van der Waals surface area contributed by atoms with Crippen LogP contribution >= 0.6 is 0 Å². The minimum absolute atomic E-state index is 0.236. The highest BCUT2D eigenvalue weighted by Gasteiger charge is 2.06. The van der Waals surface area contributed by atoms with Gasteiger partial charge in [-0.05, 0) is 22.4 Å². The molecule has 0 aliphatic heterocycles. The Bertz CT molecular complexity index is 588. The van der Waals surface area contributed by atoms with E-state index in [1.807, 2.05) is 42.5 Å². The molecule has 0 N–H and O–H groups in total. The van der Waals surface area contributed by atoms with Gasteiger partial charge in [0.2, 0.25) is 5.70 Å². The lowest BCUT2D eigenvalue weighted by molar-refractivity contribution is -0.425. The highest BCUT2D eigenvalue weighted by molar-refractivity contribution is 5.84. The Hall–Kier alpha value is -2.16. The maximum Gasteiger partial charge on any atom is 0.246 e.